The average molecular weight is 168 g/mol. The molecule has 0 aromatic carbocycles. The molecular formula is C5H12O4S. The lowest BCUT2D eigenvalue weighted by Crippen LogP contribution is -1.89. The van der Waals surface area contributed by atoms with Crippen LogP contribution in [0.1, 0.15) is 20.3 Å². The molecule has 0 unspecified atom stereocenters. The zero-order valence-electron chi connectivity index (χ0n) is 5.98. The SMILES string of the molecule is CC=CCC.O=S(=O)(O)O. The first-order valence-corrected chi connectivity index (χ1v) is 4.12. The Morgan fingerprint density at radius 2 is 1.70 bits per heavy atom. The smallest absolute Gasteiger partial charge is 0.264 e. The third-order valence-corrected chi connectivity index (χ3v) is 0.471. The summed E-state index contributed by atoms with van der Waals surface area (Å²) in [6.07, 6.45) is 5.34. The Hall–Kier alpha value is -0.390. The van der Waals surface area contributed by atoms with Gasteiger partial charge in [-0.15, -0.1) is 0 Å². The molecule has 0 atom stereocenters. The minimum Gasteiger partial charge on any atom is -0.264 e. The second-order valence-corrected chi connectivity index (χ2v) is 2.32. The van der Waals surface area contributed by atoms with Crippen LogP contribution in [-0.4, -0.2) is 17.5 Å². The van der Waals surface area contributed by atoms with E-state index in [4.69, 9.17) is 17.5 Å². The van der Waals surface area contributed by atoms with Crippen molar-refractivity contribution in [1.29, 1.82) is 0 Å². The highest BCUT2D eigenvalue weighted by atomic mass is 32.3. The Balaban J connectivity index is 0. The van der Waals surface area contributed by atoms with Gasteiger partial charge in [0.1, 0.15) is 0 Å². The fourth-order valence-corrected chi connectivity index (χ4v) is 0.236. The monoisotopic (exact) mass is 168 g/mol. The van der Waals surface area contributed by atoms with Crippen molar-refractivity contribution < 1.29 is 17.5 Å². The quantitative estimate of drug-likeness (QED) is 0.457. The molecule has 5 heteroatoms. The molecule has 0 saturated heterocycles. The topological polar surface area (TPSA) is 74.6 Å². The number of rotatable bonds is 1. The highest BCUT2D eigenvalue weighted by molar-refractivity contribution is 7.79. The van der Waals surface area contributed by atoms with Crippen LogP contribution in [0.15, 0.2) is 12.2 Å². The van der Waals surface area contributed by atoms with E-state index < -0.39 is 10.4 Å². The van der Waals surface area contributed by atoms with Crippen LogP contribution in [0.2, 0.25) is 0 Å². The molecule has 10 heavy (non-hydrogen) atoms. The Morgan fingerprint density at radius 3 is 1.70 bits per heavy atom. The summed E-state index contributed by atoms with van der Waals surface area (Å²) in [6.45, 7) is 4.16. The van der Waals surface area contributed by atoms with Crippen molar-refractivity contribution in [1.82, 2.24) is 0 Å². The van der Waals surface area contributed by atoms with Gasteiger partial charge in [-0.25, -0.2) is 0 Å². The molecule has 0 radical (unpaired) electrons. The summed E-state index contributed by atoms with van der Waals surface area (Å²) in [5.74, 6) is 0. The zero-order valence-corrected chi connectivity index (χ0v) is 6.80. The molecule has 0 amide bonds. The molecule has 0 heterocycles. The van der Waals surface area contributed by atoms with Crippen LogP contribution in [0.25, 0.3) is 0 Å². The minimum atomic E-state index is -4.67. The summed E-state index contributed by atoms with van der Waals surface area (Å²) in [7, 11) is -4.67. The molecule has 0 aromatic rings. The van der Waals surface area contributed by atoms with Gasteiger partial charge in [-0.05, 0) is 13.3 Å². The van der Waals surface area contributed by atoms with Gasteiger partial charge < -0.3 is 0 Å². The first-order chi connectivity index (χ1) is 4.41. The van der Waals surface area contributed by atoms with Crippen molar-refractivity contribution in [3.63, 3.8) is 0 Å². The molecule has 2 N–H and O–H groups in total. The van der Waals surface area contributed by atoms with Crippen molar-refractivity contribution >= 4 is 10.4 Å². The Kier molecular flexibility index (Phi) is 8.27. The summed E-state index contributed by atoms with van der Waals surface area (Å²) < 4.78 is 31.6. The first kappa shape index (κ1) is 12.3. The molecule has 0 saturated carbocycles. The molecule has 0 fully saturated rings. The highest BCUT2D eigenvalue weighted by Gasteiger charge is 1.84. The fourth-order valence-electron chi connectivity index (χ4n) is 0.236. The third-order valence-electron chi connectivity index (χ3n) is 0.471. The van der Waals surface area contributed by atoms with Crippen molar-refractivity contribution in [3.8, 4) is 0 Å². The highest BCUT2D eigenvalue weighted by Crippen LogP contribution is 1.73. The molecule has 0 aliphatic heterocycles. The second-order valence-electron chi connectivity index (χ2n) is 1.43. The van der Waals surface area contributed by atoms with Crippen molar-refractivity contribution in [2.24, 2.45) is 0 Å². The van der Waals surface area contributed by atoms with E-state index in [1.165, 1.54) is 0 Å². The summed E-state index contributed by atoms with van der Waals surface area (Å²) in [5, 5.41) is 0. The van der Waals surface area contributed by atoms with E-state index in [-0.39, 0.29) is 0 Å². The molecule has 0 spiro atoms. The number of allylic oxidation sites excluding steroid dienone is 2. The maximum Gasteiger partial charge on any atom is 0.394 e. The first-order valence-electron chi connectivity index (χ1n) is 2.72. The number of hydrogen-bond acceptors (Lipinski definition) is 2. The van der Waals surface area contributed by atoms with Gasteiger partial charge in [0.2, 0.25) is 0 Å². The maximum atomic E-state index is 8.74. The lowest BCUT2D eigenvalue weighted by molar-refractivity contribution is 0.381. The van der Waals surface area contributed by atoms with Gasteiger partial charge >= 0.3 is 10.4 Å². The molecule has 0 aromatic heterocycles. The molecule has 0 aliphatic carbocycles. The van der Waals surface area contributed by atoms with Gasteiger partial charge in [0, 0.05) is 0 Å². The van der Waals surface area contributed by atoms with Crippen LogP contribution in [-0.2, 0) is 10.4 Å². The molecule has 0 aliphatic rings. The normalized spacial score (nSPS) is 10.8. The van der Waals surface area contributed by atoms with Gasteiger partial charge in [0.25, 0.3) is 0 Å². The van der Waals surface area contributed by atoms with Crippen molar-refractivity contribution in [2.75, 3.05) is 0 Å². The maximum absolute atomic E-state index is 8.74. The van der Waals surface area contributed by atoms with Gasteiger partial charge in [-0.1, -0.05) is 19.1 Å². The molecule has 62 valence electrons. The van der Waals surface area contributed by atoms with E-state index in [2.05, 4.69) is 19.1 Å². The lowest BCUT2D eigenvalue weighted by Gasteiger charge is -1.68. The van der Waals surface area contributed by atoms with E-state index in [9.17, 15) is 0 Å². The van der Waals surface area contributed by atoms with Crippen molar-refractivity contribution in [3.05, 3.63) is 12.2 Å². The Morgan fingerprint density at radius 1 is 1.40 bits per heavy atom. The summed E-state index contributed by atoms with van der Waals surface area (Å²) in [6, 6.07) is 0. The number of hydrogen-bond donors (Lipinski definition) is 2. The Bertz CT molecular complexity index is 160. The van der Waals surface area contributed by atoms with E-state index >= 15 is 0 Å². The average Bonchev–Trinajstić information content (AvgIpc) is 1.63. The van der Waals surface area contributed by atoms with E-state index in [1.807, 2.05) is 6.92 Å². The van der Waals surface area contributed by atoms with Gasteiger partial charge in [0.15, 0.2) is 0 Å². The predicted octanol–water partition coefficient (Wildman–Crippen LogP) is 1.32. The van der Waals surface area contributed by atoms with Crippen LogP contribution in [0.5, 0.6) is 0 Å². The molecule has 0 rings (SSSR count). The largest absolute Gasteiger partial charge is 0.394 e. The molecule has 4 nitrogen and oxygen atoms in total. The molecule has 0 bridgehead atoms. The van der Waals surface area contributed by atoms with E-state index in [0.29, 0.717) is 0 Å². The van der Waals surface area contributed by atoms with E-state index in [0.717, 1.165) is 6.42 Å². The van der Waals surface area contributed by atoms with Crippen LogP contribution in [0.3, 0.4) is 0 Å². The summed E-state index contributed by atoms with van der Waals surface area (Å²) >= 11 is 0. The van der Waals surface area contributed by atoms with Crippen molar-refractivity contribution in [2.45, 2.75) is 20.3 Å². The van der Waals surface area contributed by atoms with Gasteiger partial charge in [-0.2, -0.15) is 8.42 Å². The lowest BCUT2D eigenvalue weighted by atomic mass is 10.4. The fraction of sp³-hybridized carbons (Fsp3) is 0.600. The second kappa shape index (κ2) is 6.73. The van der Waals surface area contributed by atoms with E-state index in [1.54, 1.807) is 0 Å². The Labute approximate surface area is 61.1 Å². The standard InChI is InChI=1S/C5H10.H2O4S/c1-3-5-4-2;1-5(2,3)4/h3,5H,4H2,1-2H3;(H2,1,2,3,4). The van der Waals surface area contributed by atoms with Crippen LogP contribution >= 0.6 is 0 Å². The predicted molar refractivity (Wildman–Crippen MR) is 39.3 cm³/mol. The molecular weight excluding hydrogens is 156 g/mol. The summed E-state index contributed by atoms with van der Waals surface area (Å²) in [4.78, 5) is 0. The minimum absolute atomic E-state index is 1.16. The van der Waals surface area contributed by atoms with Gasteiger partial charge in [-0.3, -0.25) is 9.11 Å². The van der Waals surface area contributed by atoms with Crippen LogP contribution < -0.4 is 0 Å². The third kappa shape index (κ3) is 128. The van der Waals surface area contributed by atoms with Crippen LogP contribution in [0.4, 0.5) is 0 Å². The van der Waals surface area contributed by atoms with Gasteiger partial charge in [0.05, 0.1) is 0 Å². The summed E-state index contributed by atoms with van der Waals surface area (Å²) in [5.41, 5.74) is 0. The zero-order chi connectivity index (χ0) is 8.62. The van der Waals surface area contributed by atoms with Crippen LogP contribution in [0, 0.1) is 0 Å².